The van der Waals surface area contributed by atoms with Crippen molar-refractivity contribution in [2.24, 2.45) is 0 Å². The minimum atomic E-state index is -0.763. The number of likely N-dealkylation sites (N-methyl/N-ethyl adjacent to an activating group) is 1. The zero-order chi connectivity index (χ0) is 17.8. The number of carbonyl (C=O) groups is 1. The summed E-state index contributed by atoms with van der Waals surface area (Å²) >= 11 is 0. The number of hydrogen-bond acceptors (Lipinski definition) is 5. The van der Waals surface area contributed by atoms with Crippen molar-refractivity contribution in [3.8, 4) is 5.75 Å². The summed E-state index contributed by atoms with van der Waals surface area (Å²) in [5.74, 6) is 1.03. The molecule has 1 aliphatic rings. The number of aliphatic carboxylic acids is 1. The van der Waals surface area contributed by atoms with Crippen LogP contribution in [0.25, 0.3) is 11.0 Å². The van der Waals surface area contributed by atoms with E-state index >= 15 is 0 Å². The van der Waals surface area contributed by atoms with Gasteiger partial charge in [0, 0.05) is 18.0 Å². The molecule has 1 aliphatic heterocycles. The number of ether oxygens (including phenoxy) is 1. The second-order valence-electron chi connectivity index (χ2n) is 6.79. The molecule has 1 aromatic heterocycles. The number of nitrogens with zero attached hydrogens (tertiary/aromatic N) is 2. The number of hydrogen-bond donors (Lipinski definition) is 1. The number of furan rings is 1. The summed E-state index contributed by atoms with van der Waals surface area (Å²) in [5.41, 5.74) is 0.879. The van der Waals surface area contributed by atoms with Gasteiger partial charge in [0.15, 0.2) is 0 Å². The van der Waals surface area contributed by atoms with E-state index in [1.165, 1.54) is 0 Å². The second-order valence-corrected chi connectivity index (χ2v) is 6.79. The van der Waals surface area contributed by atoms with Crippen LogP contribution in [0.5, 0.6) is 5.75 Å². The lowest BCUT2D eigenvalue weighted by Gasteiger charge is -2.25. The number of fused-ring (bicyclic) bond motifs is 1. The van der Waals surface area contributed by atoms with E-state index in [1.807, 2.05) is 30.1 Å². The molecule has 3 rings (SSSR count). The summed E-state index contributed by atoms with van der Waals surface area (Å²) in [6.45, 7) is 2.86. The van der Waals surface area contributed by atoms with E-state index in [0.717, 1.165) is 61.4 Å². The smallest absolute Gasteiger partial charge is 0.317 e. The van der Waals surface area contributed by atoms with Crippen molar-refractivity contribution in [3.63, 3.8) is 0 Å². The molecule has 2 aromatic rings. The highest BCUT2D eigenvalue weighted by Gasteiger charge is 2.22. The third kappa shape index (κ3) is 4.52. The number of rotatable bonds is 6. The highest BCUT2D eigenvalue weighted by molar-refractivity contribution is 5.79. The molecule has 2 heterocycles. The van der Waals surface area contributed by atoms with E-state index in [4.69, 9.17) is 14.3 Å². The highest BCUT2D eigenvalue weighted by Crippen LogP contribution is 2.25. The number of methoxy groups -OCH3 is 1. The molecule has 25 heavy (non-hydrogen) atoms. The Morgan fingerprint density at radius 3 is 2.96 bits per heavy atom. The molecule has 0 amide bonds. The van der Waals surface area contributed by atoms with E-state index in [2.05, 4.69) is 11.0 Å². The lowest BCUT2D eigenvalue weighted by Crippen LogP contribution is -2.36. The van der Waals surface area contributed by atoms with Crippen molar-refractivity contribution in [2.45, 2.75) is 31.8 Å². The van der Waals surface area contributed by atoms with Crippen LogP contribution in [0, 0.1) is 0 Å². The van der Waals surface area contributed by atoms with Crippen LogP contribution in [-0.4, -0.2) is 60.7 Å². The van der Waals surface area contributed by atoms with Crippen LogP contribution in [0.3, 0.4) is 0 Å². The number of carboxylic acids is 1. The van der Waals surface area contributed by atoms with Crippen molar-refractivity contribution in [2.75, 3.05) is 33.8 Å². The van der Waals surface area contributed by atoms with E-state index in [1.54, 1.807) is 7.11 Å². The molecule has 1 N–H and O–H groups in total. The average Bonchev–Trinajstić information content (AvgIpc) is 2.82. The Hall–Kier alpha value is -2.05. The van der Waals surface area contributed by atoms with Gasteiger partial charge >= 0.3 is 5.97 Å². The molecule has 1 saturated heterocycles. The first-order valence-corrected chi connectivity index (χ1v) is 8.76. The Morgan fingerprint density at radius 2 is 2.20 bits per heavy atom. The van der Waals surface area contributed by atoms with Gasteiger partial charge in [-0.1, -0.05) is 0 Å². The predicted octanol–water partition coefficient (Wildman–Crippen LogP) is 2.81. The SMILES string of the molecule is COc1ccc2oc(CN3CCC[C@@H](N(C)CC(=O)O)CC3)cc2c1. The molecule has 0 aliphatic carbocycles. The van der Waals surface area contributed by atoms with E-state index < -0.39 is 5.97 Å². The van der Waals surface area contributed by atoms with Crippen LogP contribution in [0.1, 0.15) is 25.0 Å². The van der Waals surface area contributed by atoms with Gasteiger partial charge in [-0.2, -0.15) is 0 Å². The molecule has 1 atom stereocenters. The summed E-state index contributed by atoms with van der Waals surface area (Å²) < 4.78 is 11.2. The number of likely N-dealkylation sites (tertiary alicyclic amines) is 1. The van der Waals surface area contributed by atoms with Crippen LogP contribution in [0.4, 0.5) is 0 Å². The maximum absolute atomic E-state index is 10.9. The first kappa shape index (κ1) is 17.8. The highest BCUT2D eigenvalue weighted by atomic mass is 16.5. The fourth-order valence-electron chi connectivity index (χ4n) is 3.58. The average molecular weight is 346 g/mol. The summed E-state index contributed by atoms with van der Waals surface area (Å²) in [6.07, 6.45) is 3.10. The first-order chi connectivity index (χ1) is 12.0. The lowest BCUT2D eigenvalue weighted by atomic mass is 10.1. The monoisotopic (exact) mass is 346 g/mol. The Bertz CT molecular complexity index is 727. The van der Waals surface area contributed by atoms with Gasteiger partial charge < -0.3 is 14.3 Å². The fourth-order valence-corrected chi connectivity index (χ4v) is 3.58. The zero-order valence-electron chi connectivity index (χ0n) is 14.9. The van der Waals surface area contributed by atoms with E-state index in [9.17, 15) is 4.79 Å². The van der Waals surface area contributed by atoms with Gasteiger partial charge in [-0.15, -0.1) is 0 Å². The molecule has 6 nitrogen and oxygen atoms in total. The summed E-state index contributed by atoms with van der Waals surface area (Å²) in [6, 6.07) is 8.25. The largest absolute Gasteiger partial charge is 0.497 e. The van der Waals surface area contributed by atoms with Crippen LogP contribution in [-0.2, 0) is 11.3 Å². The molecule has 0 unspecified atom stereocenters. The Kier molecular flexibility index (Phi) is 5.60. The lowest BCUT2D eigenvalue weighted by molar-refractivity contribution is -0.138. The van der Waals surface area contributed by atoms with Crippen LogP contribution in [0.15, 0.2) is 28.7 Å². The van der Waals surface area contributed by atoms with Crippen molar-refractivity contribution < 1.29 is 19.1 Å². The van der Waals surface area contributed by atoms with Gasteiger partial charge in [0.2, 0.25) is 0 Å². The molecule has 1 aromatic carbocycles. The Labute approximate surface area is 148 Å². The summed E-state index contributed by atoms with van der Waals surface area (Å²) in [7, 11) is 3.57. The van der Waals surface area contributed by atoms with Gasteiger partial charge in [-0.05, 0) is 57.1 Å². The molecule has 136 valence electrons. The molecular weight excluding hydrogens is 320 g/mol. The van der Waals surface area contributed by atoms with Crippen LogP contribution < -0.4 is 4.74 Å². The normalized spacial score (nSPS) is 19.2. The van der Waals surface area contributed by atoms with Crippen molar-refractivity contribution in [3.05, 3.63) is 30.0 Å². The quantitative estimate of drug-likeness (QED) is 0.868. The molecule has 0 radical (unpaired) electrons. The van der Waals surface area contributed by atoms with Crippen molar-refractivity contribution in [1.29, 1.82) is 0 Å². The van der Waals surface area contributed by atoms with Crippen LogP contribution >= 0.6 is 0 Å². The Balaban J connectivity index is 1.61. The first-order valence-electron chi connectivity index (χ1n) is 8.76. The minimum absolute atomic E-state index is 0.107. The van der Waals surface area contributed by atoms with Crippen molar-refractivity contribution in [1.82, 2.24) is 9.80 Å². The van der Waals surface area contributed by atoms with E-state index in [-0.39, 0.29) is 6.54 Å². The van der Waals surface area contributed by atoms with E-state index in [0.29, 0.717) is 6.04 Å². The van der Waals surface area contributed by atoms with Gasteiger partial charge in [0.05, 0.1) is 20.2 Å². The van der Waals surface area contributed by atoms with Gasteiger partial charge in [-0.3, -0.25) is 14.6 Å². The van der Waals surface area contributed by atoms with Crippen LogP contribution in [0.2, 0.25) is 0 Å². The van der Waals surface area contributed by atoms with Gasteiger partial charge in [0.25, 0.3) is 0 Å². The molecule has 0 spiro atoms. The maximum atomic E-state index is 10.9. The molecule has 6 heteroatoms. The topological polar surface area (TPSA) is 66.2 Å². The molecule has 0 bridgehead atoms. The summed E-state index contributed by atoms with van der Waals surface area (Å²) in [4.78, 5) is 15.3. The third-order valence-electron chi connectivity index (χ3n) is 4.95. The molecule has 1 fully saturated rings. The van der Waals surface area contributed by atoms with Gasteiger partial charge in [0.1, 0.15) is 17.1 Å². The number of benzene rings is 1. The summed E-state index contributed by atoms with van der Waals surface area (Å²) in [5, 5.41) is 10.0. The fraction of sp³-hybridized carbons (Fsp3) is 0.526. The predicted molar refractivity (Wildman–Crippen MR) is 95.9 cm³/mol. The molecular formula is C19H26N2O4. The van der Waals surface area contributed by atoms with Gasteiger partial charge in [-0.25, -0.2) is 0 Å². The third-order valence-corrected chi connectivity index (χ3v) is 4.95. The molecule has 0 saturated carbocycles. The number of carboxylic acid groups (broad SMARTS) is 1. The Morgan fingerprint density at radius 1 is 1.36 bits per heavy atom. The zero-order valence-corrected chi connectivity index (χ0v) is 14.9. The maximum Gasteiger partial charge on any atom is 0.317 e. The minimum Gasteiger partial charge on any atom is -0.497 e. The standard InChI is InChI=1S/C19H26N2O4/c1-20(13-19(22)23)15-4-3-8-21(9-7-15)12-17-11-14-10-16(24-2)5-6-18(14)25-17/h5-6,10-11,15H,3-4,7-9,12-13H2,1-2H3,(H,22,23)/t15-/m1/s1. The second kappa shape index (κ2) is 7.89. The van der Waals surface area contributed by atoms with Crippen molar-refractivity contribution >= 4 is 16.9 Å².